The van der Waals surface area contributed by atoms with Crippen LogP contribution in [0, 0.1) is 3.57 Å². The number of hydrogen-bond acceptors (Lipinski definition) is 4. The lowest BCUT2D eigenvalue weighted by atomic mass is 10.1. The highest BCUT2D eigenvalue weighted by Crippen LogP contribution is 2.23. The zero-order valence-corrected chi connectivity index (χ0v) is 17.2. The molecular weight excluding hydrogens is 445 g/mol. The number of ether oxygens (including phenoxy) is 1. The Morgan fingerprint density at radius 2 is 2.00 bits per heavy atom. The van der Waals surface area contributed by atoms with E-state index in [0.717, 1.165) is 34.8 Å². The third kappa shape index (κ3) is 6.23. The van der Waals surface area contributed by atoms with E-state index in [1.807, 2.05) is 30.3 Å². The fourth-order valence-electron chi connectivity index (χ4n) is 2.88. The normalized spacial score (nSPS) is 15.8. The first kappa shape index (κ1) is 20.6. The van der Waals surface area contributed by atoms with Crippen molar-refractivity contribution in [3.8, 4) is 0 Å². The van der Waals surface area contributed by atoms with Gasteiger partial charge in [-0.05, 0) is 66.1 Å². The zero-order valence-electron chi connectivity index (χ0n) is 15.0. The van der Waals surface area contributed by atoms with Crippen molar-refractivity contribution in [2.75, 3.05) is 13.2 Å². The van der Waals surface area contributed by atoms with Gasteiger partial charge in [0.15, 0.2) is 0 Å². The molecule has 0 radical (unpaired) electrons. The van der Waals surface area contributed by atoms with E-state index in [-0.39, 0.29) is 24.2 Å². The second-order valence-electron chi connectivity index (χ2n) is 6.22. The van der Waals surface area contributed by atoms with Gasteiger partial charge in [-0.2, -0.15) is 0 Å². The molecule has 0 atom stereocenters. The van der Waals surface area contributed by atoms with Crippen molar-refractivity contribution in [2.24, 2.45) is 0 Å². The summed E-state index contributed by atoms with van der Waals surface area (Å²) in [6.45, 7) is 2.65. The number of benzene rings is 1. The van der Waals surface area contributed by atoms with Crippen molar-refractivity contribution in [3.63, 3.8) is 0 Å². The summed E-state index contributed by atoms with van der Waals surface area (Å²) in [5.41, 5.74) is 1.49. The maximum atomic E-state index is 12.5. The Balaban J connectivity index is 1.77. The second-order valence-corrected chi connectivity index (χ2v) is 7.47. The topological polar surface area (TPSA) is 63.7 Å². The van der Waals surface area contributed by atoms with E-state index < -0.39 is 0 Å². The smallest absolute Gasteiger partial charge is 0.305 e. The molecule has 1 aliphatic rings. The van der Waals surface area contributed by atoms with Crippen molar-refractivity contribution in [3.05, 3.63) is 39.0 Å². The Morgan fingerprint density at radius 1 is 1.23 bits per heavy atom. The minimum atomic E-state index is -0.180. The van der Waals surface area contributed by atoms with Gasteiger partial charge in [0.2, 0.25) is 5.91 Å². The lowest BCUT2D eigenvalue weighted by Gasteiger charge is -2.13. The van der Waals surface area contributed by atoms with E-state index in [0.29, 0.717) is 25.1 Å². The average Bonchev–Trinajstić information content (AvgIpc) is 2.85. The van der Waals surface area contributed by atoms with Crippen LogP contribution in [0.3, 0.4) is 0 Å². The maximum absolute atomic E-state index is 12.5. The molecule has 0 unspecified atom stereocenters. The van der Waals surface area contributed by atoms with Gasteiger partial charge >= 0.3 is 5.97 Å². The summed E-state index contributed by atoms with van der Waals surface area (Å²) in [6.07, 6.45) is 5.72. The molecular formula is C20H24INO4. The number of rotatable bonds is 9. The number of imide groups is 1. The summed E-state index contributed by atoms with van der Waals surface area (Å²) < 4.78 is 5.97. The van der Waals surface area contributed by atoms with Gasteiger partial charge in [-0.3, -0.25) is 19.3 Å². The predicted molar refractivity (Wildman–Crippen MR) is 108 cm³/mol. The van der Waals surface area contributed by atoms with E-state index in [4.69, 9.17) is 4.74 Å². The first-order valence-electron chi connectivity index (χ1n) is 8.97. The van der Waals surface area contributed by atoms with Crippen LogP contribution in [0.2, 0.25) is 0 Å². The molecule has 1 saturated heterocycles. The lowest BCUT2D eigenvalue weighted by molar-refractivity contribution is -0.143. The number of esters is 1. The highest BCUT2D eigenvalue weighted by atomic mass is 127. The van der Waals surface area contributed by atoms with Gasteiger partial charge in [0.25, 0.3) is 5.91 Å². The number of carbonyl (C=O) groups is 3. The summed E-state index contributed by atoms with van der Waals surface area (Å²) >= 11 is 2.22. The highest BCUT2D eigenvalue weighted by molar-refractivity contribution is 14.1. The molecule has 5 nitrogen and oxygen atoms in total. The largest absolute Gasteiger partial charge is 0.466 e. The van der Waals surface area contributed by atoms with Crippen LogP contribution in [0.1, 0.15) is 51.0 Å². The zero-order chi connectivity index (χ0) is 18.9. The Hall–Kier alpha value is -1.70. The minimum Gasteiger partial charge on any atom is -0.466 e. The van der Waals surface area contributed by atoms with E-state index in [9.17, 15) is 14.4 Å². The third-order valence-corrected chi connectivity index (χ3v) is 4.84. The predicted octanol–water partition coefficient (Wildman–Crippen LogP) is 3.95. The second kappa shape index (κ2) is 10.4. The summed E-state index contributed by atoms with van der Waals surface area (Å²) in [5.74, 6) is -0.471. The Bertz CT molecular complexity index is 699. The molecule has 2 amide bonds. The van der Waals surface area contributed by atoms with Crippen LogP contribution in [-0.4, -0.2) is 35.8 Å². The van der Waals surface area contributed by atoms with Crippen molar-refractivity contribution < 1.29 is 19.1 Å². The van der Waals surface area contributed by atoms with E-state index in [2.05, 4.69) is 22.6 Å². The van der Waals surface area contributed by atoms with Gasteiger partial charge in [0.05, 0.1) is 13.0 Å². The van der Waals surface area contributed by atoms with E-state index in [1.54, 1.807) is 6.92 Å². The van der Waals surface area contributed by atoms with Crippen LogP contribution in [0.15, 0.2) is 29.8 Å². The molecule has 1 heterocycles. The standard InChI is InChI=1S/C20H24INO4/c1-2-26-19(24)10-5-3-4-6-11-22-18(23)14-16(20(22)25)12-15-8-7-9-17(21)13-15/h7-9,12-13H,2-6,10-11,14H2,1H3/b16-12+. The highest BCUT2D eigenvalue weighted by Gasteiger charge is 2.32. The molecule has 26 heavy (non-hydrogen) atoms. The average molecular weight is 469 g/mol. The molecule has 1 fully saturated rings. The number of nitrogens with zero attached hydrogens (tertiary/aromatic N) is 1. The number of amides is 2. The van der Waals surface area contributed by atoms with Gasteiger partial charge < -0.3 is 4.74 Å². The van der Waals surface area contributed by atoms with Crippen LogP contribution >= 0.6 is 22.6 Å². The number of unbranched alkanes of at least 4 members (excludes halogenated alkanes) is 3. The molecule has 0 N–H and O–H groups in total. The molecule has 1 aliphatic heterocycles. The molecule has 0 aliphatic carbocycles. The Kier molecular flexibility index (Phi) is 8.28. The van der Waals surface area contributed by atoms with E-state index in [1.165, 1.54) is 4.90 Å². The van der Waals surface area contributed by atoms with Crippen LogP contribution < -0.4 is 0 Å². The van der Waals surface area contributed by atoms with Crippen molar-refractivity contribution in [1.29, 1.82) is 0 Å². The summed E-state index contributed by atoms with van der Waals surface area (Å²) in [4.78, 5) is 37.2. The first-order chi connectivity index (χ1) is 12.5. The number of halogens is 1. The fourth-order valence-corrected chi connectivity index (χ4v) is 3.45. The number of likely N-dealkylation sites (tertiary alicyclic amines) is 1. The summed E-state index contributed by atoms with van der Waals surface area (Å²) in [6, 6.07) is 7.83. The molecule has 140 valence electrons. The monoisotopic (exact) mass is 469 g/mol. The molecule has 1 aromatic carbocycles. The van der Waals surface area contributed by atoms with Gasteiger partial charge in [-0.15, -0.1) is 0 Å². The van der Waals surface area contributed by atoms with Crippen LogP contribution in [0.5, 0.6) is 0 Å². The number of hydrogen-bond donors (Lipinski definition) is 0. The molecule has 2 rings (SSSR count). The van der Waals surface area contributed by atoms with Gasteiger partial charge in [0.1, 0.15) is 0 Å². The van der Waals surface area contributed by atoms with E-state index >= 15 is 0 Å². The summed E-state index contributed by atoms with van der Waals surface area (Å²) in [5, 5.41) is 0. The van der Waals surface area contributed by atoms with Gasteiger partial charge in [0, 0.05) is 22.1 Å². The SMILES string of the molecule is CCOC(=O)CCCCCCN1C(=O)C/C(=C\c2cccc(I)c2)C1=O. The first-order valence-corrected chi connectivity index (χ1v) is 10.1. The number of carbonyl (C=O) groups excluding carboxylic acids is 3. The maximum Gasteiger partial charge on any atom is 0.305 e. The van der Waals surface area contributed by atoms with Crippen LogP contribution in [0.4, 0.5) is 0 Å². The molecule has 0 aromatic heterocycles. The van der Waals surface area contributed by atoms with Gasteiger partial charge in [-0.1, -0.05) is 25.0 Å². The van der Waals surface area contributed by atoms with Crippen LogP contribution in [0.25, 0.3) is 6.08 Å². The quantitative estimate of drug-likeness (QED) is 0.181. The Morgan fingerprint density at radius 3 is 2.73 bits per heavy atom. The molecule has 0 saturated carbocycles. The van der Waals surface area contributed by atoms with Crippen molar-refractivity contribution in [2.45, 2.75) is 45.4 Å². The Labute approximate surface area is 167 Å². The molecule has 0 spiro atoms. The molecule has 0 bridgehead atoms. The molecule has 6 heteroatoms. The third-order valence-electron chi connectivity index (χ3n) is 4.17. The van der Waals surface area contributed by atoms with Crippen LogP contribution in [-0.2, 0) is 19.1 Å². The van der Waals surface area contributed by atoms with Crippen molar-refractivity contribution in [1.82, 2.24) is 4.90 Å². The fraction of sp³-hybridized carbons (Fsp3) is 0.450. The summed E-state index contributed by atoms with van der Waals surface area (Å²) in [7, 11) is 0. The minimum absolute atomic E-state index is 0.126. The van der Waals surface area contributed by atoms with Crippen molar-refractivity contribution >= 4 is 46.5 Å². The molecule has 1 aromatic rings. The lowest BCUT2D eigenvalue weighted by Crippen LogP contribution is -2.30. The van der Waals surface area contributed by atoms with Gasteiger partial charge in [-0.25, -0.2) is 0 Å².